The number of ether oxygens (including phenoxy) is 4. The van der Waals surface area contributed by atoms with Crippen molar-refractivity contribution in [2.45, 2.75) is 262 Å². The molecule has 0 heterocycles. The molecule has 0 saturated carbocycles. The average Bonchev–Trinajstić information content (AvgIpc) is 3.59. The normalized spacial score (nSPS) is 10.7. The molecule has 11 nitrogen and oxygen atoms in total. The molecule has 0 aliphatic carbocycles. The van der Waals surface area contributed by atoms with Gasteiger partial charge in [0.25, 0.3) is 0 Å². The fourth-order valence-corrected chi connectivity index (χ4v) is 10.8. The van der Waals surface area contributed by atoms with Gasteiger partial charge in [0.05, 0.1) is 44.7 Å². The van der Waals surface area contributed by atoms with Gasteiger partial charge in [-0.05, 0) is 102 Å². The summed E-state index contributed by atoms with van der Waals surface area (Å²) < 4.78 is 22.5. The van der Waals surface area contributed by atoms with Crippen molar-refractivity contribution >= 4 is 47.1 Å². The van der Waals surface area contributed by atoms with Crippen molar-refractivity contribution in [2.75, 3.05) is 84.1 Å². The zero-order chi connectivity index (χ0) is 60.3. The molecule has 500 valence electrons. The largest absolute Gasteiger partial charge is 1.00 e. The Kier molecular flexibility index (Phi) is 72.9. The molecular formula is C69H123BrCl4N2NaO9-. The summed E-state index contributed by atoms with van der Waals surface area (Å²) in [6.45, 7) is 28.1. The van der Waals surface area contributed by atoms with E-state index in [0.717, 1.165) is 63.0 Å². The van der Waals surface area contributed by atoms with Crippen molar-refractivity contribution in [2.24, 2.45) is 0 Å². The van der Waals surface area contributed by atoms with Gasteiger partial charge in [-0.15, -0.1) is 23.2 Å². The molecule has 0 unspecified atom stereocenters. The second kappa shape index (κ2) is 65.3. The van der Waals surface area contributed by atoms with E-state index in [4.69, 9.17) is 42.1 Å². The maximum Gasteiger partial charge on any atom is 1.00 e. The molecule has 0 radical (unpaired) electrons. The molecule has 0 saturated heterocycles. The summed E-state index contributed by atoms with van der Waals surface area (Å²) in [4.78, 5) is 50.1. The van der Waals surface area contributed by atoms with E-state index in [9.17, 15) is 19.2 Å². The van der Waals surface area contributed by atoms with Gasteiger partial charge in [-0.25, -0.2) is 9.59 Å². The van der Waals surface area contributed by atoms with Gasteiger partial charge < -0.3 is 75.2 Å². The number of rotatable bonds is 48. The van der Waals surface area contributed by atoms with Crippen LogP contribution in [0.25, 0.3) is 0 Å². The van der Waals surface area contributed by atoms with Crippen LogP contribution in [0.5, 0.6) is 0 Å². The van der Waals surface area contributed by atoms with Crippen LogP contribution in [0.1, 0.15) is 255 Å². The van der Waals surface area contributed by atoms with E-state index < -0.39 is 12.3 Å². The van der Waals surface area contributed by atoms with Gasteiger partial charge in [0, 0.05) is 12.8 Å². The molecule has 0 bridgehead atoms. The molecule has 2 rings (SSSR count). The minimum Gasteiger partial charge on any atom is -1.00 e. The zero-order valence-corrected chi connectivity index (χ0v) is 63.0. The smallest absolute Gasteiger partial charge is 1.00 e. The molecule has 0 spiro atoms. The molecule has 1 N–H and O–H groups in total. The van der Waals surface area contributed by atoms with E-state index in [0.29, 0.717) is 61.2 Å². The standard InChI is InChI=1S/2C34H60NO4.CH2Cl2.BrH.2ClH.Na.H2O/c2*1-6-9-10-11-12-13-14-15-16-17-18-19-20-21-26-38-34(37)39-27-25-35(7-2,8-3)29-32(36)28-33-30(4)23-22-24-31(33)5;2-1-3;;;;;/h2*22-24H,6-21,25-29H2,1-5H3;1H2;3*1H;;1H2/q2*+1;;;;;+1;/p-4. The van der Waals surface area contributed by atoms with Crippen LogP contribution >= 0.6 is 23.2 Å². The van der Waals surface area contributed by atoms with Crippen LogP contribution < -0.4 is 71.4 Å². The van der Waals surface area contributed by atoms with Gasteiger partial charge >= 0.3 is 41.9 Å². The van der Waals surface area contributed by atoms with E-state index in [1.807, 2.05) is 12.1 Å². The van der Waals surface area contributed by atoms with Gasteiger partial charge in [-0.1, -0.05) is 217 Å². The van der Waals surface area contributed by atoms with Gasteiger partial charge in [-0.3, -0.25) is 9.59 Å². The van der Waals surface area contributed by atoms with Crippen LogP contribution in [-0.4, -0.2) is 122 Å². The SMILES string of the molecule is CCCCCCCCCCCCCCCCOC(=O)OCC[N+](CC)(CC)CC(=O)Cc1c(C)cccc1C.CCCCCCCCCCCCCCCCOC(=O)OCC[N+](CC)(CC)CC(=O)Cc1c(C)cccc1C.ClCCl.[Br-].[Cl-].[Cl-].[Na+].[OH-]. The number of carbonyl (C=O) groups excluding carboxylic acids is 4. The first-order valence-electron chi connectivity index (χ1n) is 32.7. The van der Waals surface area contributed by atoms with Crippen molar-refractivity contribution in [1.29, 1.82) is 0 Å². The summed E-state index contributed by atoms with van der Waals surface area (Å²) in [5, 5.41) is 0.194. The molecule has 0 atom stereocenters. The van der Waals surface area contributed by atoms with E-state index in [1.165, 1.54) is 176 Å². The predicted octanol–water partition coefficient (Wildman–Crippen LogP) is 7.07. The van der Waals surface area contributed by atoms with Crippen LogP contribution in [0.2, 0.25) is 0 Å². The van der Waals surface area contributed by atoms with Crippen LogP contribution in [0.15, 0.2) is 36.4 Å². The minimum absolute atomic E-state index is 0. The minimum atomic E-state index is -0.586. The first kappa shape index (κ1) is 95.9. The maximum absolute atomic E-state index is 13.0. The Morgan fingerprint density at radius 2 is 0.593 bits per heavy atom. The van der Waals surface area contributed by atoms with E-state index >= 15 is 0 Å². The fourth-order valence-electron chi connectivity index (χ4n) is 10.8. The van der Waals surface area contributed by atoms with Crippen LogP contribution in [-0.2, 0) is 41.4 Å². The molecule has 0 aliphatic rings. The third-order valence-electron chi connectivity index (χ3n) is 16.8. The number of likely N-dealkylation sites (N-methyl/N-ethyl adjacent to an activating group) is 2. The second-order valence-electron chi connectivity index (χ2n) is 23.1. The van der Waals surface area contributed by atoms with E-state index in [-0.39, 0.29) is 107 Å². The summed E-state index contributed by atoms with van der Waals surface area (Å²) in [6, 6.07) is 12.3. The zero-order valence-electron chi connectivity index (χ0n) is 56.4. The molecule has 0 amide bonds. The van der Waals surface area contributed by atoms with E-state index in [1.54, 1.807) is 0 Å². The van der Waals surface area contributed by atoms with Crippen LogP contribution in [0.3, 0.4) is 0 Å². The van der Waals surface area contributed by atoms with Crippen molar-refractivity contribution < 1.29 is 124 Å². The summed E-state index contributed by atoms with van der Waals surface area (Å²) in [6.07, 6.45) is 36.3. The number of ketones is 2. The fraction of sp³-hybridized carbons (Fsp3) is 0.768. The summed E-state index contributed by atoms with van der Waals surface area (Å²) in [7, 11) is 0. The number of unbranched alkanes of at least 4 members (excludes halogenated alkanes) is 26. The average molecular weight is 1370 g/mol. The monoisotopic (exact) mass is 1370 g/mol. The van der Waals surface area contributed by atoms with Crippen molar-refractivity contribution in [1.82, 2.24) is 0 Å². The van der Waals surface area contributed by atoms with Crippen molar-refractivity contribution in [3.63, 3.8) is 0 Å². The molecule has 2 aromatic rings. The Balaban J connectivity index is -0.000000337. The number of quaternary nitrogens is 2. The van der Waals surface area contributed by atoms with E-state index in [2.05, 4.69) is 93.5 Å². The molecule has 0 aliphatic heterocycles. The van der Waals surface area contributed by atoms with Crippen LogP contribution in [0.4, 0.5) is 9.59 Å². The maximum atomic E-state index is 13.0. The number of carbonyl (C=O) groups is 4. The Bertz CT molecular complexity index is 1730. The molecule has 2 aromatic carbocycles. The topological polar surface area (TPSA) is 135 Å². The van der Waals surface area contributed by atoms with Crippen LogP contribution in [0, 0.1) is 27.7 Å². The Labute approximate surface area is 582 Å². The molecule has 17 heteroatoms. The number of halogens is 5. The van der Waals surface area contributed by atoms with Crippen molar-refractivity contribution in [3.05, 3.63) is 69.8 Å². The molecule has 86 heavy (non-hydrogen) atoms. The number of hydrogen-bond acceptors (Lipinski definition) is 9. The molecule has 0 fully saturated rings. The predicted molar refractivity (Wildman–Crippen MR) is 345 cm³/mol. The van der Waals surface area contributed by atoms with Gasteiger partial charge in [-0.2, -0.15) is 0 Å². The van der Waals surface area contributed by atoms with Gasteiger partial charge in [0.2, 0.25) is 0 Å². The van der Waals surface area contributed by atoms with Gasteiger partial charge in [0.15, 0.2) is 11.6 Å². The quantitative estimate of drug-likeness (QED) is 0.0224. The molecular weight excluding hydrogens is 1250 g/mol. The third-order valence-corrected chi connectivity index (χ3v) is 16.8. The first-order valence-corrected chi connectivity index (χ1v) is 33.8. The Morgan fingerprint density at radius 1 is 0.384 bits per heavy atom. The second-order valence-corrected chi connectivity index (χ2v) is 23.9. The Morgan fingerprint density at radius 3 is 0.814 bits per heavy atom. The van der Waals surface area contributed by atoms with Gasteiger partial charge in [0.1, 0.15) is 39.4 Å². The first-order chi connectivity index (χ1) is 39.2. The third kappa shape index (κ3) is 50.5. The van der Waals surface area contributed by atoms with Crippen molar-refractivity contribution in [3.8, 4) is 0 Å². The Hall–Kier alpha value is -1.16. The summed E-state index contributed by atoms with van der Waals surface area (Å²) in [5.41, 5.74) is 6.93. The number of benzene rings is 2. The number of nitrogens with zero attached hydrogens (tertiary/aromatic N) is 2. The number of alkyl halides is 2. The number of Topliss-reactive ketones (excluding diaryl/α,β-unsaturated/α-hetero) is 2. The number of aryl methyl sites for hydroxylation is 4. The summed E-state index contributed by atoms with van der Waals surface area (Å²) >= 11 is 9.53. The summed E-state index contributed by atoms with van der Waals surface area (Å²) in [5.74, 6) is 0.466. The number of hydrogen-bond donors (Lipinski definition) is 0. The molecule has 0 aromatic heterocycles.